The fourth-order valence-corrected chi connectivity index (χ4v) is 3.71. The van der Waals surface area contributed by atoms with Crippen LogP contribution in [-0.2, 0) is 11.3 Å². The number of aromatic nitrogens is 2. The van der Waals surface area contributed by atoms with Gasteiger partial charge in [0.2, 0.25) is 5.91 Å². The number of halogens is 2. The maximum atomic E-state index is 13.3. The molecule has 0 radical (unpaired) electrons. The highest BCUT2D eigenvalue weighted by Gasteiger charge is 2.14. The molecule has 152 valence electrons. The molecular weight excluding hydrogens is 406 g/mol. The Morgan fingerprint density at radius 1 is 1.03 bits per heavy atom. The summed E-state index contributed by atoms with van der Waals surface area (Å²) < 4.78 is 28.1. The molecule has 0 aliphatic carbocycles. The van der Waals surface area contributed by atoms with Gasteiger partial charge in [-0.15, -0.1) is 11.3 Å². The first-order valence-corrected chi connectivity index (χ1v) is 10.1. The Labute approximate surface area is 176 Å². The highest BCUT2D eigenvalue weighted by molar-refractivity contribution is 7.13. The number of rotatable bonds is 7. The number of nitrogens with one attached hydrogen (secondary N) is 2. The Kier molecular flexibility index (Phi) is 5.97. The number of carbonyl (C=O) groups excluding carboxylic acids is 1. The number of anilines is 1. The molecule has 0 fully saturated rings. The van der Waals surface area contributed by atoms with Gasteiger partial charge >= 0.3 is 0 Å². The maximum absolute atomic E-state index is 13.3. The predicted octanol–water partition coefficient (Wildman–Crippen LogP) is 4.61. The van der Waals surface area contributed by atoms with Gasteiger partial charge in [-0.1, -0.05) is 24.3 Å². The summed E-state index contributed by atoms with van der Waals surface area (Å²) in [7, 11) is 0. The summed E-state index contributed by atoms with van der Waals surface area (Å²) in [6.07, 6.45) is 1.94. The molecule has 0 unspecified atom stereocenters. The van der Waals surface area contributed by atoms with Crippen LogP contribution in [0.4, 0.5) is 14.5 Å². The molecule has 0 bridgehead atoms. The van der Waals surface area contributed by atoms with Crippen LogP contribution in [0, 0.1) is 11.6 Å². The van der Waals surface area contributed by atoms with Crippen molar-refractivity contribution in [3.63, 3.8) is 0 Å². The Morgan fingerprint density at radius 3 is 2.60 bits per heavy atom. The van der Waals surface area contributed by atoms with Gasteiger partial charge in [0.1, 0.15) is 5.69 Å². The van der Waals surface area contributed by atoms with Crippen LogP contribution in [0.15, 0.2) is 72.2 Å². The third-order valence-electron chi connectivity index (χ3n) is 4.37. The highest BCUT2D eigenvalue weighted by Crippen LogP contribution is 2.27. The van der Waals surface area contributed by atoms with E-state index in [9.17, 15) is 13.6 Å². The van der Waals surface area contributed by atoms with Crippen LogP contribution in [0.5, 0.6) is 0 Å². The molecule has 2 heterocycles. The Hall–Kier alpha value is -3.36. The van der Waals surface area contributed by atoms with Crippen LogP contribution >= 0.6 is 11.3 Å². The summed E-state index contributed by atoms with van der Waals surface area (Å²) >= 11 is 1.59. The molecule has 0 saturated carbocycles. The first kappa shape index (κ1) is 19.9. The van der Waals surface area contributed by atoms with Crippen LogP contribution in [-0.4, -0.2) is 22.2 Å². The zero-order chi connectivity index (χ0) is 20.9. The van der Waals surface area contributed by atoms with Crippen molar-refractivity contribution in [1.82, 2.24) is 15.1 Å². The van der Waals surface area contributed by atoms with Crippen LogP contribution in [0.1, 0.15) is 5.56 Å². The van der Waals surface area contributed by atoms with E-state index in [1.54, 1.807) is 11.3 Å². The maximum Gasteiger partial charge on any atom is 0.238 e. The second-order valence-electron chi connectivity index (χ2n) is 6.54. The summed E-state index contributed by atoms with van der Waals surface area (Å²) in [5, 5.41) is 12.3. The second-order valence-corrected chi connectivity index (χ2v) is 7.49. The lowest BCUT2D eigenvalue weighted by Gasteiger charge is -2.07. The molecule has 4 aromatic rings. The molecule has 0 atom stereocenters. The van der Waals surface area contributed by atoms with Gasteiger partial charge in [-0.3, -0.25) is 4.79 Å². The highest BCUT2D eigenvalue weighted by atomic mass is 32.1. The van der Waals surface area contributed by atoms with E-state index in [4.69, 9.17) is 5.10 Å². The number of carbonyl (C=O) groups is 1. The van der Waals surface area contributed by atoms with Crippen LogP contribution in [0.3, 0.4) is 0 Å². The first-order valence-electron chi connectivity index (χ1n) is 9.23. The Morgan fingerprint density at radius 2 is 1.87 bits per heavy atom. The third-order valence-corrected chi connectivity index (χ3v) is 5.25. The van der Waals surface area contributed by atoms with E-state index in [1.165, 1.54) is 6.07 Å². The van der Waals surface area contributed by atoms with Crippen molar-refractivity contribution in [3.8, 4) is 16.3 Å². The number of para-hydroxylation sites is 1. The SMILES string of the molecule is O=C(CNCc1cn(-c2ccccc2)nc1-c1cccs1)Nc1ccc(F)c(F)c1. The summed E-state index contributed by atoms with van der Waals surface area (Å²) in [5.41, 5.74) is 2.94. The van der Waals surface area contributed by atoms with Gasteiger partial charge in [-0.2, -0.15) is 5.10 Å². The predicted molar refractivity (Wildman–Crippen MR) is 114 cm³/mol. The van der Waals surface area contributed by atoms with Crippen LogP contribution < -0.4 is 10.6 Å². The number of hydrogen-bond donors (Lipinski definition) is 2. The largest absolute Gasteiger partial charge is 0.325 e. The summed E-state index contributed by atoms with van der Waals surface area (Å²) in [6.45, 7) is 0.435. The molecule has 5 nitrogen and oxygen atoms in total. The summed E-state index contributed by atoms with van der Waals surface area (Å²) in [6, 6.07) is 17.0. The van der Waals surface area contributed by atoms with E-state index >= 15 is 0 Å². The minimum Gasteiger partial charge on any atom is -0.325 e. The van der Waals surface area contributed by atoms with Crippen LogP contribution in [0.25, 0.3) is 16.3 Å². The average Bonchev–Trinajstić information content (AvgIpc) is 3.41. The number of benzene rings is 2. The fourth-order valence-electron chi connectivity index (χ4n) is 2.96. The molecule has 2 N–H and O–H groups in total. The zero-order valence-corrected chi connectivity index (χ0v) is 16.6. The fraction of sp³-hybridized carbons (Fsp3) is 0.0909. The Balaban J connectivity index is 1.44. The monoisotopic (exact) mass is 424 g/mol. The molecule has 0 spiro atoms. The second kappa shape index (κ2) is 8.98. The average molecular weight is 424 g/mol. The van der Waals surface area contributed by atoms with Gasteiger partial charge < -0.3 is 10.6 Å². The molecular formula is C22H18F2N4OS. The van der Waals surface area contributed by atoms with Crippen molar-refractivity contribution < 1.29 is 13.6 Å². The minimum absolute atomic E-state index is 0.0133. The third kappa shape index (κ3) is 4.61. The smallest absolute Gasteiger partial charge is 0.238 e. The van der Waals surface area contributed by atoms with Gasteiger partial charge in [0.15, 0.2) is 11.6 Å². The quantitative estimate of drug-likeness (QED) is 0.456. The van der Waals surface area contributed by atoms with E-state index in [0.717, 1.165) is 34.0 Å². The van der Waals surface area contributed by atoms with Crippen molar-refractivity contribution in [1.29, 1.82) is 0 Å². The lowest BCUT2D eigenvalue weighted by Crippen LogP contribution is -2.27. The molecule has 0 aliphatic rings. The van der Waals surface area contributed by atoms with E-state index in [-0.39, 0.29) is 18.1 Å². The molecule has 0 saturated heterocycles. The van der Waals surface area contributed by atoms with Gasteiger partial charge in [0, 0.05) is 30.1 Å². The van der Waals surface area contributed by atoms with E-state index in [1.807, 2.05) is 58.7 Å². The van der Waals surface area contributed by atoms with E-state index < -0.39 is 11.6 Å². The lowest BCUT2D eigenvalue weighted by atomic mass is 10.2. The minimum atomic E-state index is -1.00. The van der Waals surface area contributed by atoms with Gasteiger partial charge in [-0.25, -0.2) is 13.5 Å². The lowest BCUT2D eigenvalue weighted by molar-refractivity contribution is -0.115. The van der Waals surface area contributed by atoms with Crippen molar-refractivity contribution in [2.24, 2.45) is 0 Å². The van der Waals surface area contributed by atoms with Crippen molar-refractivity contribution in [2.45, 2.75) is 6.54 Å². The van der Waals surface area contributed by atoms with Gasteiger partial charge in [0.05, 0.1) is 17.1 Å². The Bertz CT molecular complexity index is 1140. The van der Waals surface area contributed by atoms with Gasteiger partial charge in [0.25, 0.3) is 0 Å². The molecule has 1 amide bonds. The molecule has 8 heteroatoms. The van der Waals surface area contributed by atoms with Crippen molar-refractivity contribution >= 4 is 22.9 Å². The van der Waals surface area contributed by atoms with Crippen molar-refractivity contribution in [3.05, 3.63) is 89.4 Å². The summed E-state index contributed by atoms with van der Waals surface area (Å²) in [5.74, 6) is -2.31. The van der Waals surface area contributed by atoms with Crippen LogP contribution in [0.2, 0.25) is 0 Å². The summed E-state index contributed by atoms with van der Waals surface area (Å²) in [4.78, 5) is 13.2. The normalized spacial score (nSPS) is 10.9. The topological polar surface area (TPSA) is 59.0 Å². The standard InChI is InChI=1S/C22H18F2N4OS/c23-18-9-8-16(11-19(18)24)26-21(29)13-25-12-15-14-28(17-5-2-1-3-6-17)27-22(15)20-7-4-10-30-20/h1-11,14,25H,12-13H2,(H,26,29). The first-order chi connectivity index (χ1) is 14.6. The molecule has 2 aromatic heterocycles. The number of hydrogen-bond acceptors (Lipinski definition) is 4. The van der Waals surface area contributed by atoms with E-state index in [0.29, 0.717) is 6.54 Å². The van der Waals surface area contributed by atoms with Gasteiger partial charge in [-0.05, 0) is 35.7 Å². The number of nitrogens with zero attached hydrogens (tertiary/aromatic N) is 2. The molecule has 30 heavy (non-hydrogen) atoms. The number of amides is 1. The van der Waals surface area contributed by atoms with Crippen molar-refractivity contribution in [2.75, 3.05) is 11.9 Å². The molecule has 4 rings (SSSR count). The van der Waals surface area contributed by atoms with E-state index in [2.05, 4.69) is 10.6 Å². The zero-order valence-electron chi connectivity index (χ0n) is 15.8. The molecule has 2 aromatic carbocycles. The molecule has 0 aliphatic heterocycles. The number of thiophene rings is 1.